The molecule has 8 nitrogen and oxygen atoms in total. The van der Waals surface area contributed by atoms with Gasteiger partial charge in [0, 0.05) is 19.0 Å². The van der Waals surface area contributed by atoms with Gasteiger partial charge in [0.2, 0.25) is 0 Å². The number of carbonyl (C=O) groups is 3. The first-order chi connectivity index (χ1) is 9.77. The third-order valence-corrected chi connectivity index (χ3v) is 3.28. The number of hydrogen-bond donors (Lipinski definition) is 2. The van der Waals surface area contributed by atoms with E-state index in [4.69, 9.17) is 9.84 Å². The van der Waals surface area contributed by atoms with Gasteiger partial charge in [-0.15, -0.1) is 0 Å². The highest BCUT2D eigenvalue weighted by molar-refractivity contribution is 5.86. The van der Waals surface area contributed by atoms with Crippen molar-refractivity contribution in [3.05, 3.63) is 0 Å². The number of hydrogen-bond acceptors (Lipinski definition) is 5. The maximum Gasteiger partial charge on any atom is 0.326 e. The van der Waals surface area contributed by atoms with Crippen LogP contribution < -0.4 is 0 Å². The van der Waals surface area contributed by atoms with Gasteiger partial charge in [0.25, 0.3) is 0 Å². The van der Waals surface area contributed by atoms with E-state index in [-0.39, 0.29) is 32.2 Å². The first-order valence-corrected chi connectivity index (χ1v) is 6.91. The standard InChI is InChI=1S/C13H22N2O6/c1-4-21-11(17)7-14(8(2)3)13(20)15-6-9(16)5-10(15)12(18)19/h8-10,16H,4-7H2,1-3H3,(H,18,19)/t9-,10-/m1/s1. The molecule has 0 bridgehead atoms. The molecule has 1 aliphatic heterocycles. The molecule has 120 valence electrons. The first-order valence-electron chi connectivity index (χ1n) is 6.91. The van der Waals surface area contributed by atoms with Crippen molar-refractivity contribution in [3.63, 3.8) is 0 Å². The van der Waals surface area contributed by atoms with Gasteiger partial charge in [0.05, 0.1) is 12.7 Å². The second kappa shape index (κ2) is 7.26. The Hall–Kier alpha value is -1.83. The van der Waals surface area contributed by atoms with Crippen LogP contribution in [0.1, 0.15) is 27.2 Å². The second-order valence-corrected chi connectivity index (χ2v) is 5.21. The van der Waals surface area contributed by atoms with E-state index in [1.807, 2.05) is 0 Å². The zero-order chi connectivity index (χ0) is 16.2. The van der Waals surface area contributed by atoms with Crippen LogP contribution in [0.4, 0.5) is 4.79 Å². The van der Waals surface area contributed by atoms with Gasteiger partial charge in [-0.1, -0.05) is 0 Å². The minimum absolute atomic E-state index is 0.00752. The van der Waals surface area contributed by atoms with E-state index in [0.717, 1.165) is 4.90 Å². The Balaban J connectivity index is 2.85. The normalized spacial score (nSPS) is 21.5. The Morgan fingerprint density at radius 2 is 2.00 bits per heavy atom. The number of aliphatic hydroxyl groups is 1. The van der Waals surface area contributed by atoms with E-state index in [1.165, 1.54) is 4.90 Å². The molecular formula is C13H22N2O6. The number of carboxylic acids is 1. The summed E-state index contributed by atoms with van der Waals surface area (Å²) < 4.78 is 4.81. The Morgan fingerprint density at radius 1 is 1.38 bits per heavy atom. The SMILES string of the molecule is CCOC(=O)CN(C(=O)N1C[C@H](O)C[C@@H]1C(=O)O)C(C)C. The summed E-state index contributed by atoms with van der Waals surface area (Å²) in [6, 6.07) is -1.95. The highest BCUT2D eigenvalue weighted by Crippen LogP contribution is 2.21. The smallest absolute Gasteiger partial charge is 0.326 e. The lowest BCUT2D eigenvalue weighted by atomic mass is 10.2. The molecule has 0 aromatic heterocycles. The monoisotopic (exact) mass is 302 g/mol. The number of rotatable bonds is 5. The maximum atomic E-state index is 12.5. The first kappa shape index (κ1) is 17.2. The molecule has 2 N–H and O–H groups in total. The quantitative estimate of drug-likeness (QED) is 0.687. The van der Waals surface area contributed by atoms with E-state index >= 15 is 0 Å². The second-order valence-electron chi connectivity index (χ2n) is 5.21. The summed E-state index contributed by atoms with van der Waals surface area (Å²) in [5.74, 6) is -1.72. The number of esters is 1. The van der Waals surface area contributed by atoms with Gasteiger partial charge in [-0.25, -0.2) is 9.59 Å². The molecule has 0 aliphatic carbocycles. The molecule has 0 unspecified atom stereocenters. The molecule has 0 spiro atoms. The van der Waals surface area contributed by atoms with E-state index in [1.54, 1.807) is 20.8 Å². The molecule has 1 rings (SSSR count). The number of amides is 2. The van der Waals surface area contributed by atoms with Crippen LogP contribution in [0.2, 0.25) is 0 Å². The maximum absolute atomic E-state index is 12.5. The zero-order valence-electron chi connectivity index (χ0n) is 12.5. The van der Waals surface area contributed by atoms with Crippen molar-refractivity contribution in [2.75, 3.05) is 19.7 Å². The predicted octanol–water partition coefficient (Wildman–Crippen LogP) is -0.100. The molecule has 0 aromatic carbocycles. The van der Waals surface area contributed by atoms with Gasteiger partial charge in [-0.2, -0.15) is 0 Å². The molecule has 0 saturated carbocycles. The molecule has 1 saturated heterocycles. The van der Waals surface area contributed by atoms with E-state index in [9.17, 15) is 19.5 Å². The fraction of sp³-hybridized carbons (Fsp3) is 0.769. The van der Waals surface area contributed by atoms with Crippen LogP contribution in [0.25, 0.3) is 0 Å². The van der Waals surface area contributed by atoms with Crippen molar-refractivity contribution in [2.24, 2.45) is 0 Å². The molecule has 21 heavy (non-hydrogen) atoms. The summed E-state index contributed by atoms with van der Waals surface area (Å²) >= 11 is 0. The third-order valence-electron chi connectivity index (χ3n) is 3.28. The van der Waals surface area contributed by atoms with Crippen LogP contribution in [0, 0.1) is 0 Å². The number of β-amino-alcohol motifs (C(OH)–C–C–N with tert-alkyl or cyclic N) is 1. The van der Waals surface area contributed by atoms with Crippen molar-refractivity contribution < 1.29 is 29.3 Å². The third kappa shape index (κ3) is 4.32. The summed E-state index contributed by atoms with van der Waals surface area (Å²) in [4.78, 5) is 37.5. The Bertz CT molecular complexity index is 411. The van der Waals surface area contributed by atoms with Crippen molar-refractivity contribution in [3.8, 4) is 0 Å². The molecule has 1 aliphatic rings. The summed E-state index contributed by atoms with van der Waals surface area (Å²) in [7, 11) is 0. The number of carboxylic acid groups (broad SMARTS) is 1. The van der Waals surface area contributed by atoms with Crippen LogP contribution in [0.15, 0.2) is 0 Å². The molecule has 2 amide bonds. The molecule has 1 fully saturated rings. The minimum atomic E-state index is -1.17. The van der Waals surface area contributed by atoms with Crippen LogP contribution in [-0.4, -0.2) is 75.9 Å². The lowest BCUT2D eigenvalue weighted by molar-refractivity contribution is -0.144. The van der Waals surface area contributed by atoms with E-state index in [0.29, 0.717) is 0 Å². The van der Waals surface area contributed by atoms with Crippen molar-refractivity contribution in [1.82, 2.24) is 9.80 Å². The molecule has 8 heteroatoms. The highest BCUT2D eigenvalue weighted by Gasteiger charge is 2.41. The van der Waals surface area contributed by atoms with Crippen molar-refractivity contribution >= 4 is 18.0 Å². The summed E-state index contributed by atoms with van der Waals surface area (Å²) in [5.41, 5.74) is 0. The average molecular weight is 302 g/mol. The van der Waals surface area contributed by atoms with Crippen molar-refractivity contribution in [2.45, 2.75) is 45.4 Å². The summed E-state index contributed by atoms with van der Waals surface area (Å²) in [6.45, 7) is 5.01. The minimum Gasteiger partial charge on any atom is -0.480 e. The Kier molecular flexibility index (Phi) is 5.95. The fourth-order valence-corrected chi connectivity index (χ4v) is 2.24. The summed E-state index contributed by atoms with van der Waals surface area (Å²) in [6.07, 6.45) is -0.876. The molecule has 0 aromatic rings. The number of aliphatic hydroxyl groups excluding tert-OH is 1. The lowest BCUT2D eigenvalue weighted by Crippen LogP contribution is -2.52. The number of urea groups is 1. The van der Waals surface area contributed by atoms with Gasteiger partial charge in [0.15, 0.2) is 0 Å². The van der Waals surface area contributed by atoms with Gasteiger partial charge in [-0.3, -0.25) is 4.79 Å². The van der Waals surface area contributed by atoms with Gasteiger partial charge >= 0.3 is 18.0 Å². The largest absolute Gasteiger partial charge is 0.480 e. The number of carbonyl (C=O) groups excluding carboxylic acids is 2. The van der Waals surface area contributed by atoms with E-state index in [2.05, 4.69) is 0 Å². The Morgan fingerprint density at radius 3 is 2.48 bits per heavy atom. The molecule has 1 heterocycles. The van der Waals surface area contributed by atoms with Crippen LogP contribution in [0.3, 0.4) is 0 Å². The Labute approximate surface area is 123 Å². The van der Waals surface area contributed by atoms with Crippen molar-refractivity contribution in [1.29, 1.82) is 0 Å². The topological polar surface area (TPSA) is 107 Å². The summed E-state index contributed by atoms with van der Waals surface area (Å²) in [5, 5.41) is 18.7. The number of likely N-dealkylation sites (tertiary alicyclic amines) is 1. The molecular weight excluding hydrogens is 280 g/mol. The number of ether oxygens (including phenoxy) is 1. The lowest BCUT2D eigenvalue weighted by Gasteiger charge is -2.32. The molecule has 0 radical (unpaired) electrons. The van der Waals surface area contributed by atoms with Crippen LogP contribution in [-0.2, 0) is 14.3 Å². The van der Waals surface area contributed by atoms with Crippen LogP contribution in [0.5, 0.6) is 0 Å². The number of nitrogens with zero attached hydrogens (tertiary/aromatic N) is 2. The van der Waals surface area contributed by atoms with Gasteiger partial charge in [-0.05, 0) is 20.8 Å². The number of aliphatic carboxylic acids is 1. The highest BCUT2D eigenvalue weighted by atomic mass is 16.5. The van der Waals surface area contributed by atoms with E-state index < -0.39 is 30.1 Å². The van der Waals surface area contributed by atoms with Gasteiger partial charge < -0.3 is 24.7 Å². The fourth-order valence-electron chi connectivity index (χ4n) is 2.24. The average Bonchev–Trinajstić information content (AvgIpc) is 2.77. The van der Waals surface area contributed by atoms with Crippen LogP contribution >= 0.6 is 0 Å². The van der Waals surface area contributed by atoms with Gasteiger partial charge in [0.1, 0.15) is 12.6 Å². The molecule has 2 atom stereocenters. The predicted molar refractivity (Wildman–Crippen MR) is 72.6 cm³/mol. The zero-order valence-corrected chi connectivity index (χ0v) is 12.5.